The molecule has 2 heterocycles. The van der Waals surface area contributed by atoms with Gasteiger partial charge in [0, 0.05) is 37.4 Å². The average Bonchev–Trinajstić information content (AvgIpc) is 3.35. The standard InChI is InChI=1S/C18H29N3/c1-4-14(2)17-12-21(11-16-7-5-6-10-19-16)18(3,13-20-17)15-8-9-15/h5-7,10,14-15,17,20H,4,8-9,11-13H2,1-3H3. The van der Waals surface area contributed by atoms with E-state index in [2.05, 4.69) is 48.1 Å². The van der Waals surface area contributed by atoms with Gasteiger partial charge in [-0.25, -0.2) is 0 Å². The molecule has 116 valence electrons. The van der Waals surface area contributed by atoms with E-state index in [-0.39, 0.29) is 0 Å². The fraction of sp³-hybridized carbons (Fsp3) is 0.722. The van der Waals surface area contributed by atoms with Crippen molar-refractivity contribution in [2.45, 2.75) is 58.2 Å². The summed E-state index contributed by atoms with van der Waals surface area (Å²) in [6, 6.07) is 6.88. The van der Waals surface area contributed by atoms with E-state index in [9.17, 15) is 0 Å². The maximum absolute atomic E-state index is 4.55. The van der Waals surface area contributed by atoms with Crippen LogP contribution < -0.4 is 5.32 Å². The third-order valence-electron chi connectivity index (χ3n) is 5.73. The maximum Gasteiger partial charge on any atom is 0.0544 e. The van der Waals surface area contributed by atoms with Gasteiger partial charge in [0.2, 0.25) is 0 Å². The van der Waals surface area contributed by atoms with E-state index in [4.69, 9.17) is 0 Å². The van der Waals surface area contributed by atoms with Crippen molar-refractivity contribution in [1.29, 1.82) is 0 Å². The van der Waals surface area contributed by atoms with Gasteiger partial charge in [-0.2, -0.15) is 0 Å². The van der Waals surface area contributed by atoms with Gasteiger partial charge in [-0.3, -0.25) is 9.88 Å². The van der Waals surface area contributed by atoms with Gasteiger partial charge in [0.25, 0.3) is 0 Å². The Morgan fingerprint density at radius 3 is 2.86 bits per heavy atom. The molecule has 1 aromatic heterocycles. The van der Waals surface area contributed by atoms with E-state index >= 15 is 0 Å². The van der Waals surface area contributed by atoms with Crippen LogP contribution in [0.3, 0.4) is 0 Å². The molecule has 1 aliphatic heterocycles. The Morgan fingerprint density at radius 2 is 2.24 bits per heavy atom. The molecule has 3 heteroatoms. The quantitative estimate of drug-likeness (QED) is 0.902. The number of hydrogen-bond donors (Lipinski definition) is 1. The van der Waals surface area contributed by atoms with Gasteiger partial charge in [-0.15, -0.1) is 0 Å². The van der Waals surface area contributed by atoms with Crippen LogP contribution in [-0.4, -0.2) is 34.6 Å². The first kappa shape index (κ1) is 15.0. The second-order valence-corrected chi connectivity index (χ2v) is 7.21. The molecule has 0 aromatic carbocycles. The minimum atomic E-state index is 0.307. The Bertz CT molecular complexity index is 457. The molecular formula is C18H29N3. The third-order valence-corrected chi connectivity index (χ3v) is 5.73. The van der Waals surface area contributed by atoms with E-state index < -0.39 is 0 Å². The number of nitrogens with one attached hydrogen (secondary N) is 1. The van der Waals surface area contributed by atoms with Crippen molar-refractivity contribution in [2.24, 2.45) is 11.8 Å². The maximum atomic E-state index is 4.55. The molecular weight excluding hydrogens is 258 g/mol. The molecule has 1 saturated heterocycles. The minimum absolute atomic E-state index is 0.307. The van der Waals surface area contributed by atoms with Crippen LogP contribution in [0.15, 0.2) is 24.4 Å². The smallest absolute Gasteiger partial charge is 0.0544 e. The van der Waals surface area contributed by atoms with Crippen LogP contribution >= 0.6 is 0 Å². The lowest BCUT2D eigenvalue weighted by Crippen LogP contribution is -2.65. The van der Waals surface area contributed by atoms with E-state index in [0.717, 1.165) is 31.5 Å². The summed E-state index contributed by atoms with van der Waals surface area (Å²) in [6.07, 6.45) is 5.95. The predicted molar refractivity (Wildman–Crippen MR) is 87.0 cm³/mol. The molecule has 1 N–H and O–H groups in total. The van der Waals surface area contributed by atoms with Crippen molar-refractivity contribution in [3.63, 3.8) is 0 Å². The van der Waals surface area contributed by atoms with E-state index in [1.165, 1.54) is 25.0 Å². The first-order valence-corrected chi connectivity index (χ1v) is 8.52. The summed E-state index contributed by atoms with van der Waals surface area (Å²) in [5, 5.41) is 3.84. The number of piperazine rings is 1. The van der Waals surface area contributed by atoms with E-state index in [0.29, 0.717) is 11.6 Å². The van der Waals surface area contributed by atoms with Gasteiger partial charge >= 0.3 is 0 Å². The Balaban J connectivity index is 1.76. The summed E-state index contributed by atoms with van der Waals surface area (Å²) in [4.78, 5) is 7.25. The highest BCUT2D eigenvalue weighted by Crippen LogP contribution is 2.44. The summed E-state index contributed by atoms with van der Waals surface area (Å²) >= 11 is 0. The zero-order valence-corrected chi connectivity index (χ0v) is 13.7. The molecule has 2 fully saturated rings. The third kappa shape index (κ3) is 3.14. The first-order chi connectivity index (χ1) is 10.1. The molecule has 3 unspecified atom stereocenters. The zero-order valence-electron chi connectivity index (χ0n) is 13.7. The molecule has 3 nitrogen and oxygen atoms in total. The van der Waals surface area contributed by atoms with Gasteiger partial charge < -0.3 is 5.32 Å². The fourth-order valence-corrected chi connectivity index (χ4v) is 3.67. The molecule has 3 atom stereocenters. The topological polar surface area (TPSA) is 28.2 Å². The van der Waals surface area contributed by atoms with E-state index in [1.54, 1.807) is 0 Å². The van der Waals surface area contributed by atoms with Crippen LogP contribution in [0.1, 0.15) is 45.7 Å². The van der Waals surface area contributed by atoms with Gasteiger partial charge in [0.05, 0.1) is 5.69 Å². The largest absolute Gasteiger partial charge is 0.311 e. The number of hydrogen-bond acceptors (Lipinski definition) is 3. The van der Waals surface area contributed by atoms with Gasteiger partial charge in [0.1, 0.15) is 0 Å². The lowest BCUT2D eigenvalue weighted by Gasteiger charge is -2.50. The van der Waals surface area contributed by atoms with Crippen LogP contribution in [0, 0.1) is 11.8 Å². The van der Waals surface area contributed by atoms with Crippen molar-refractivity contribution in [3.05, 3.63) is 30.1 Å². The summed E-state index contributed by atoms with van der Waals surface area (Å²) in [5.41, 5.74) is 1.51. The van der Waals surface area contributed by atoms with Gasteiger partial charge in [-0.05, 0) is 43.7 Å². The Hall–Kier alpha value is -0.930. The van der Waals surface area contributed by atoms with Gasteiger partial charge in [-0.1, -0.05) is 26.3 Å². The SMILES string of the molecule is CCC(C)C1CN(Cc2ccccn2)C(C)(C2CC2)CN1. The fourth-order valence-electron chi connectivity index (χ4n) is 3.67. The number of nitrogens with zero attached hydrogens (tertiary/aromatic N) is 2. The minimum Gasteiger partial charge on any atom is -0.311 e. The molecule has 1 aliphatic carbocycles. The number of aromatic nitrogens is 1. The Labute approximate surface area is 129 Å². The van der Waals surface area contributed by atoms with Crippen molar-refractivity contribution in [3.8, 4) is 0 Å². The van der Waals surface area contributed by atoms with Crippen LogP contribution in [-0.2, 0) is 6.54 Å². The average molecular weight is 287 g/mol. The molecule has 1 aromatic rings. The molecule has 0 amide bonds. The summed E-state index contributed by atoms with van der Waals surface area (Å²) < 4.78 is 0. The second-order valence-electron chi connectivity index (χ2n) is 7.21. The molecule has 0 bridgehead atoms. The van der Waals surface area contributed by atoms with Crippen LogP contribution in [0.25, 0.3) is 0 Å². The highest BCUT2D eigenvalue weighted by molar-refractivity contribution is 5.09. The molecule has 1 saturated carbocycles. The number of pyridine rings is 1. The van der Waals surface area contributed by atoms with Crippen molar-refractivity contribution in [2.75, 3.05) is 13.1 Å². The monoisotopic (exact) mass is 287 g/mol. The highest BCUT2D eigenvalue weighted by Gasteiger charge is 2.48. The van der Waals surface area contributed by atoms with Crippen LogP contribution in [0.5, 0.6) is 0 Å². The first-order valence-electron chi connectivity index (χ1n) is 8.52. The van der Waals surface area contributed by atoms with Crippen LogP contribution in [0.2, 0.25) is 0 Å². The Kier molecular flexibility index (Phi) is 4.32. The molecule has 3 rings (SSSR count). The Morgan fingerprint density at radius 1 is 1.43 bits per heavy atom. The molecule has 21 heavy (non-hydrogen) atoms. The molecule has 0 radical (unpaired) electrons. The summed E-state index contributed by atoms with van der Waals surface area (Å²) in [6.45, 7) is 10.4. The highest BCUT2D eigenvalue weighted by atomic mass is 15.3. The second kappa shape index (κ2) is 6.05. The van der Waals surface area contributed by atoms with Crippen molar-refractivity contribution >= 4 is 0 Å². The van der Waals surface area contributed by atoms with Crippen LogP contribution in [0.4, 0.5) is 0 Å². The van der Waals surface area contributed by atoms with E-state index in [1.807, 2.05) is 12.3 Å². The van der Waals surface area contributed by atoms with Crippen molar-refractivity contribution in [1.82, 2.24) is 15.2 Å². The lowest BCUT2D eigenvalue weighted by molar-refractivity contribution is 0.0157. The molecule has 0 spiro atoms. The normalized spacial score (nSPS) is 32.0. The molecule has 2 aliphatic rings. The number of rotatable bonds is 5. The summed E-state index contributed by atoms with van der Waals surface area (Å²) in [7, 11) is 0. The summed E-state index contributed by atoms with van der Waals surface area (Å²) in [5.74, 6) is 1.60. The predicted octanol–water partition coefficient (Wildman–Crippen LogP) is 3.07. The lowest BCUT2D eigenvalue weighted by atomic mass is 9.86. The zero-order chi connectivity index (χ0) is 14.9. The van der Waals surface area contributed by atoms with Crippen molar-refractivity contribution < 1.29 is 0 Å². The van der Waals surface area contributed by atoms with Gasteiger partial charge in [0.15, 0.2) is 0 Å².